The second-order valence-electron chi connectivity index (χ2n) is 4.09. The molecule has 0 atom stereocenters. The summed E-state index contributed by atoms with van der Waals surface area (Å²) in [5.74, 6) is 0.694. The quantitative estimate of drug-likeness (QED) is 0.805. The van der Waals surface area contributed by atoms with Gasteiger partial charge in [0.25, 0.3) is 0 Å². The first kappa shape index (κ1) is 10.0. The summed E-state index contributed by atoms with van der Waals surface area (Å²) in [7, 11) is 0. The second-order valence-corrected chi connectivity index (χ2v) is 4.09. The van der Waals surface area contributed by atoms with Gasteiger partial charge in [0, 0.05) is 5.69 Å². The molecule has 3 nitrogen and oxygen atoms in total. The summed E-state index contributed by atoms with van der Waals surface area (Å²) in [6, 6.07) is 9.33. The Balaban J connectivity index is 1.78. The third kappa shape index (κ3) is 2.72. The molecule has 1 aromatic rings. The van der Waals surface area contributed by atoms with E-state index in [0.717, 1.165) is 18.5 Å². The standard InChI is InChI=1S/C12H15NO2/c1-9-7-11(8-9)15-12(14)13-10-5-3-2-4-6-10/h2-6,9,11H,7-8H2,1H3,(H,13,14). The van der Waals surface area contributed by atoms with E-state index in [4.69, 9.17) is 4.74 Å². The lowest BCUT2D eigenvalue weighted by Crippen LogP contribution is -2.33. The predicted molar refractivity (Wildman–Crippen MR) is 58.7 cm³/mol. The van der Waals surface area contributed by atoms with Gasteiger partial charge in [0.2, 0.25) is 0 Å². The van der Waals surface area contributed by atoms with Crippen molar-refractivity contribution in [3.63, 3.8) is 0 Å². The Bertz CT molecular complexity index is 331. The van der Waals surface area contributed by atoms with Crippen LogP contribution in [0.15, 0.2) is 30.3 Å². The Labute approximate surface area is 89.4 Å². The molecule has 1 N–H and O–H groups in total. The van der Waals surface area contributed by atoms with Gasteiger partial charge in [-0.05, 0) is 30.9 Å². The van der Waals surface area contributed by atoms with Crippen LogP contribution in [0, 0.1) is 5.92 Å². The SMILES string of the molecule is CC1CC(OC(=O)Nc2ccccc2)C1. The third-order valence-corrected chi connectivity index (χ3v) is 2.62. The molecule has 0 aromatic heterocycles. The minimum absolute atomic E-state index is 0.115. The second kappa shape index (κ2) is 4.34. The Kier molecular flexibility index (Phi) is 2.90. The van der Waals surface area contributed by atoms with E-state index in [9.17, 15) is 4.79 Å². The van der Waals surface area contributed by atoms with E-state index < -0.39 is 0 Å². The molecule has 15 heavy (non-hydrogen) atoms. The van der Waals surface area contributed by atoms with Crippen LogP contribution in [0.4, 0.5) is 10.5 Å². The van der Waals surface area contributed by atoms with E-state index in [1.54, 1.807) is 0 Å². The highest BCUT2D eigenvalue weighted by molar-refractivity contribution is 5.84. The van der Waals surface area contributed by atoms with E-state index in [-0.39, 0.29) is 12.2 Å². The highest BCUT2D eigenvalue weighted by atomic mass is 16.6. The smallest absolute Gasteiger partial charge is 0.411 e. The number of ether oxygens (including phenoxy) is 1. The van der Waals surface area contributed by atoms with Gasteiger partial charge < -0.3 is 4.74 Å². The molecule has 80 valence electrons. The fraction of sp³-hybridized carbons (Fsp3) is 0.417. The number of anilines is 1. The summed E-state index contributed by atoms with van der Waals surface area (Å²) in [6.45, 7) is 2.16. The van der Waals surface area contributed by atoms with Gasteiger partial charge in [0.1, 0.15) is 6.10 Å². The molecule has 0 radical (unpaired) electrons. The van der Waals surface area contributed by atoms with Crippen LogP contribution in [0.1, 0.15) is 19.8 Å². The van der Waals surface area contributed by atoms with Crippen molar-refractivity contribution >= 4 is 11.8 Å². The first-order valence-corrected chi connectivity index (χ1v) is 5.26. The van der Waals surface area contributed by atoms with E-state index in [1.807, 2.05) is 30.3 Å². The van der Waals surface area contributed by atoms with Crippen molar-refractivity contribution < 1.29 is 9.53 Å². The summed E-state index contributed by atoms with van der Waals surface area (Å²) in [5.41, 5.74) is 0.773. The van der Waals surface area contributed by atoms with Crippen LogP contribution in [-0.4, -0.2) is 12.2 Å². The molecule has 0 aliphatic heterocycles. The number of benzene rings is 1. The van der Waals surface area contributed by atoms with Crippen LogP contribution in [0.2, 0.25) is 0 Å². The minimum Gasteiger partial charge on any atom is -0.446 e. The van der Waals surface area contributed by atoms with Gasteiger partial charge in [-0.15, -0.1) is 0 Å². The fourth-order valence-corrected chi connectivity index (χ4v) is 1.74. The molecule has 1 saturated carbocycles. The highest BCUT2D eigenvalue weighted by Crippen LogP contribution is 2.29. The maximum Gasteiger partial charge on any atom is 0.411 e. The Morgan fingerprint density at radius 1 is 1.33 bits per heavy atom. The summed E-state index contributed by atoms with van der Waals surface area (Å²) < 4.78 is 5.21. The summed E-state index contributed by atoms with van der Waals surface area (Å²) in [5, 5.41) is 2.69. The average Bonchev–Trinajstić information content (AvgIpc) is 2.17. The van der Waals surface area contributed by atoms with Crippen LogP contribution < -0.4 is 5.32 Å². The zero-order chi connectivity index (χ0) is 10.7. The Morgan fingerprint density at radius 2 is 2.00 bits per heavy atom. The number of hydrogen-bond donors (Lipinski definition) is 1. The molecule has 0 saturated heterocycles. The minimum atomic E-state index is -0.349. The van der Waals surface area contributed by atoms with Gasteiger partial charge in [-0.3, -0.25) is 5.32 Å². The molecule has 1 aromatic carbocycles. The fourth-order valence-electron chi connectivity index (χ4n) is 1.74. The molecule has 1 aliphatic carbocycles. The first-order chi connectivity index (χ1) is 7.24. The first-order valence-electron chi connectivity index (χ1n) is 5.26. The van der Waals surface area contributed by atoms with E-state index in [2.05, 4.69) is 12.2 Å². The van der Waals surface area contributed by atoms with Crippen LogP contribution in [0.25, 0.3) is 0 Å². The van der Waals surface area contributed by atoms with Gasteiger partial charge in [0.05, 0.1) is 0 Å². The average molecular weight is 205 g/mol. The van der Waals surface area contributed by atoms with Gasteiger partial charge in [0.15, 0.2) is 0 Å². The lowest BCUT2D eigenvalue weighted by molar-refractivity contribution is 0.0311. The molecule has 0 unspecified atom stereocenters. The summed E-state index contributed by atoms with van der Waals surface area (Å²) >= 11 is 0. The predicted octanol–water partition coefficient (Wildman–Crippen LogP) is 3.03. The number of para-hydroxylation sites is 1. The highest BCUT2D eigenvalue weighted by Gasteiger charge is 2.28. The number of amides is 1. The molecule has 1 aliphatic rings. The number of rotatable bonds is 2. The number of nitrogens with one attached hydrogen (secondary N) is 1. The van der Waals surface area contributed by atoms with Gasteiger partial charge in [-0.25, -0.2) is 4.79 Å². The molecular formula is C12H15NO2. The number of carbonyl (C=O) groups is 1. The largest absolute Gasteiger partial charge is 0.446 e. The zero-order valence-corrected chi connectivity index (χ0v) is 8.77. The third-order valence-electron chi connectivity index (χ3n) is 2.62. The lowest BCUT2D eigenvalue weighted by Gasteiger charge is -2.31. The topological polar surface area (TPSA) is 38.3 Å². The van der Waals surface area contributed by atoms with Gasteiger partial charge >= 0.3 is 6.09 Å². The number of hydrogen-bond acceptors (Lipinski definition) is 2. The molecule has 0 bridgehead atoms. The molecule has 1 amide bonds. The molecule has 3 heteroatoms. The molecular weight excluding hydrogens is 190 g/mol. The monoisotopic (exact) mass is 205 g/mol. The van der Waals surface area contributed by atoms with Crippen LogP contribution in [-0.2, 0) is 4.74 Å². The van der Waals surface area contributed by atoms with E-state index in [1.165, 1.54) is 0 Å². The lowest BCUT2D eigenvalue weighted by atomic mass is 9.84. The normalized spacial score (nSPS) is 24.1. The Morgan fingerprint density at radius 3 is 2.60 bits per heavy atom. The van der Waals surface area contributed by atoms with Crippen molar-refractivity contribution in [2.45, 2.75) is 25.9 Å². The van der Waals surface area contributed by atoms with Crippen molar-refractivity contribution in [2.24, 2.45) is 5.92 Å². The Hall–Kier alpha value is -1.51. The maximum absolute atomic E-state index is 11.4. The van der Waals surface area contributed by atoms with Crippen LogP contribution >= 0.6 is 0 Å². The summed E-state index contributed by atoms with van der Waals surface area (Å²) in [4.78, 5) is 11.4. The van der Waals surface area contributed by atoms with Gasteiger partial charge in [-0.1, -0.05) is 25.1 Å². The van der Waals surface area contributed by atoms with Crippen LogP contribution in [0.5, 0.6) is 0 Å². The van der Waals surface area contributed by atoms with Crippen molar-refractivity contribution in [3.05, 3.63) is 30.3 Å². The molecule has 2 rings (SSSR count). The van der Waals surface area contributed by atoms with E-state index >= 15 is 0 Å². The molecule has 0 heterocycles. The number of carbonyl (C=O) groups excluding carboxylic acids is 1. The van der Waals surface area contributed by atoms with Crippen molar-refractivity contribution in [3.8, 4) is 0 Å². The van der Waals surface area contributed by atoms with Crippen molar-refractivity contribution in [1.82, 2.24) is 0 Å². The zero-order valence-electron chi connectivity index (χ0n) is 8.77. The maximum atomic E-state index is 11.4. The van der Waals surface area contributed by atoms with E-state index in [0.29, 0.717) is 5.92 Å². The van der Waals surface area contributed by atoms with Crippen LogP contribution in [0.3, 0.4) is 0 Å². The summed E-state index contributed by atoms with van der Waals surface area (Å²) in [6.07, 6.45) is 1.74. The van der Waals surface area contributed by atoms with Gasteiger partial charge in [-0.2, -0.15) is 0 Å². The molecule has 1 fully saturated rings. The van der Waals surface area contributed by atoms with Crippen molar-refractivity contribution in [2.75, 3.05) is 5.32 Å². The molecule has 0 spiro atoms. The van der Waals surface area contributed by atoms with Crippen molar-refractivity contribution in [1.29, 1.82) is 0 Å².